The molecule has 0 aromatic heterocycles. The Morgan fingerprint density at radius 3 is 2.68 bits per heavy atom. The Hall–Kier alpha value is -1.35. The topological polar surface area (TPSA) is 32.3 Å². The Morgan fingerprint density at radius 1 is 1.32 bits per heavy atom. The highest BCUT2D eigenvalue weighted by molar-refractivity contribution is 5.81. The molecule has 1 amide bonds. The maximum atomic E-state index is 12.1. The molecule has 1 aromatic rings. The Balaban J connectivity index is 1.76. The second kappa shape index (κ2) is 6.71. The van der Waals surface area contributed by atoms with Crippen molar-refractivity contribution < 1.29 is 4.79 Å². The van der Waals surface area contributed by atoms with Crippen LogP contribution in [0.25, 0.3) is 0 Å². The minimum absolute atomic E-state index is 0.0675. The zero-order chi connectivity index (χ0) is 13.7. The molecule has 1 aliphatic heterocycles. The largest absolute Gasteiger partial charge is 0.341 e. The molecule has 1 saturated heterocycles. The number of nitrogens with zero attached hydrogens (tertiary/aromatic N) is 1. The van der Waals surface area contributed by atoms with Gasteiger partial charge in [-0.2, -0.15) is 0 Å². The van der Waals surface area contributed by atoms with Crippen molar-refractivity contribution in [1.82, 2.24) is 10.2 Å². The standard InChI is InChI=1S/C16H24N2O/c1-13-7-3-4-8-15(13)9-10-17-14(2)16(19)18-11-5-6-12-18/h3-4,7-8,14,17H,5-6,9-12H2,1-2H3. The number of rotatable bonds is 5. The van der Waals surface area contributed by atoms with Crippen molar-refractivity contribution >= 4 is 5.91 Å². The number of nitrogens with one attached hydrogen (secondary N) is 1. The number of carbonyl (C=O) groups excluding carboxylic acids is 1. The summed E-state index contributed by atoms with van der Waals surface area (Å²) in [7, 11) is 0. The summed E-state index contributed by atoms with van der Waals surface area (Å²) in [6.45, 7) is 6.82. The lowest BCUT2D eigenvalue weighted by Gasteiger charge is -2.21. The first kappa shape index (κ1) is 14.1. The number of hydrogen-bond donors (Lipinski definition) is 1. The van der Waals surface area contributed by atoms with Crippen molar-refractivity contribution in [2.24, 2.45) is 0 Å². The smallest absolute Gasteiger partial charge is 0.239 e. The quantitative estimate of drug-likeness (QED) is 0.879. The summed E-state index contributed by atoms with van der Waals surface area (Å²) in [4.78, 5) is 14.1. The Kier molecular flexibility index (Phi) is 4.97. The Bertz CT molecular complexity index is 425. The van der Waals surface area contributed by atoms with Crippen LogP contribution in [0, 0.1) is 6.92 Å². The number of aryl methyl sites for hydroxylation is 1. The number of carbonyl (C=O) groups is 1. The summed E-state index contributed by atoms with van der Waals surface area (Å²) >= 11 is 0. The number of hydrogen-bond acceptors (Lipinski definition) is 2. The second-order valence-electron chi connectivity index (χ2n) is 5.38. The third kappa shape index (κ3) is 3.80. The van der Waals surface area contributed by atoms with Crippen molar-refractivity contribution in [3.05, 3.63) is 35.4 Å². The van der Waals surface area contributed by atoms with Gasteiger partial charge in [-0.05, 0) is 50.8 Å². The van der Waals surface area contributed by atoms with Crippen LogP contribution in [0.2, 0.25) is 0 Å². The average molecular weight is 260 g/mol. The minimum Gasteiger partial charge on any atom is -0.341 e. The van der Waals surface area contributed by atoms with E-state index in [2.05, 4.69) is 36.5 Å². The highest BCUT2D eigenvalue weighted by Crippen LogP contribution is 2.10. The molecule has 1 aliphatic rings. The van der Waals surface area contributed by atoms with Gasteiger partial charge in [0.25, 0.3) is 0 Å². The maximum absolute atomic E-state index is 12.1. The summed E-state index contributed by atoms with van der Waals surface area (Å²) in [5, 5.41) is 3.34. The molecule has 1 fully saturated rings. The predicted molar refractivity (Wildman–Crippen MR) is 78.2 cm³/mol. The Labute approximate surface area is 116 Å². The molecule has 2 rings (SSSR count). The fourth-order valence-electron chi connectivity index (χ4n) is 2.61. The van der Waals surface area contributed by atoms with Gasteiger partial charge in [-0.1, -0.05) is 24.3 Å². The lowest BCUT2D eigenvalue weighted by atomic mass is 10.1. The van der Waals surface area contributed by atoms with E-state index in [9.17, 15) is 4.79 Å². The van der Waals surface area contributed by atoms with Gasteiger partial charge < -0.3 is 10.2 Å². The molecule has 1 N–H and O–H groups in total. The normalized spacial score (nSPS) is 16.6. The van der Waals surface area contributed by atoms with E-state index in [1.165, 1.54) is 11.1 Å². The van der Waals surface area contributed by atoms with Crippen LogP contribution in [0.3, 0.4) is 0 Å². The summed E-state index contributed by atoms with van der Waals surface area (Å²) in [6, 6.07) is 8.35. The molecular formula is C16H24N2O. The second-order valence-corrected chi connectivity index (χ2v) is 5.38. The van der Waals surface area contributed by atoms with Gasteiger partial charge in [-0.15, -0.1) is 0 Å². The van der Waals surface area contributed by atoms with E-state index < -0.39 is 0 Å². The van der Waals surface area contributed by atoms with E-state index in [4.69, 9.17) is 0 Å². The highest BCUT2D eigenvalue weighted by Gasteiger charge is 2.22. The summed E-state index contributed by atoms with van der Waals surface area (Å²) in [6.07, 6.45) is 3.29. The van der Waals surface area contributed by atoms with Crippen molar-refractivity contribution in [3.8, 4) is 0 Å². The lowest BCUT2D eigenvalue weighted by Crippen LogP contribution is -2.44. The van der Waals surface area contributed by atoms with Crippen LogP contribution in [0.4, 0.5) is 0 Å². The summed E-state index contributed by atoms with van der Waals surface area (Å²) in [5.74, 6) is 0.252. The molecule has 0 aliphatic carbocycles. The Morgan fingerprint density at radius 2 is 2.00 bits per heavy atom. The first-order valence-electron chi connectivity index (χ1n) is 7.25. The third-order valence-electron chi connectivity index (χ3n) is 3.89. The van der Waals surface area contributed by atoms with E-state index in [1.54, 1.807) is 0 Å². The van der Waals surface area contributed by atoms with Crippen molar-refractivity contribution in [3.63, 3.8) is 0 Å². The molecule has 19 heavy (non-hydrogen) atoms. The van der Waals surface area contributed by atoms with Crippen molar-refractivity contribution in [1.29, 1.82) is 0 Å². The van der Waals surface area contributed by atoms with Gasteiger partial charge in [-0.3, -0.25) is 4.79 Å². The van der Waals surface area contributed by atoms with E-state index in [-0.39, 0.29) is 11.9 Å². The monoisotopic (exact) mass is 260 g/mol. The lowest BCUT2D eigenvalue weighted by molar-refractivity contribution is -0.131. The van der Waals surface area contributed by atoms with Crippen molar-refractivity contribution in [2.45, 2.75) is 39.2 Å². The molecule has 1 aromatic carbocycles. The van der Waals surface area contributed by atoms with Gasteiger partial charge in [0.05, 0.1) is 6.04 Å². The molecule has 1 heterocycles. The summed E-state index contributed by atoms with van der Waals surface area (Å²) < 4.78 is 0. The molecule has 3 heteroatoms. The molecule has 0 bridgehead atoms. The first-order chi connectivity index (χ1) is 9.18. The van der Waals surface area contributed by atoms with Crippen LogP contribution < -0.4 is 5.32 Å². The maximum Gasteiger partial charge on any atom is 0.239 e. The highest BCUT2D eigenvalue weighted by atomic mass is 16.2. The fourth-order valence-corrected chi connectivity index (χ4v) is 2.61. The number of likely N-dealkylation sites (tertiary alicyclic amines) is 1. The van der Waals surface area contributed by atoms with E-state index in [1.807, 2.05) is 11.8 Å². The SMILES string of the molecule is Cc1ccccc1CCNC(C)C(=O)N1CCCC1. The van der Waals surface area contributed by atoms with Crippen LogP contribution in [0.1, 0.15) is 30.9 Å². The number of benzene rings is 1. The van der Waals surface area contributed by atoms with Crippen LogP contribution in [0.5, 0.6) is 0 Å². The molecule has 0 radical (unpaired) electrons. The minimum atomic E-state index is -0.0675. The average Bonchev–Trinajstić information content (AvgIpc) is 2.94. The predicted octanol–water partition coefficient (Wildman–Crippen LogP) is 2.14. The molecule has 1 unspecified atom stereocenters. The van der Waals surface area contributed by atoms with Crippen molar-refractivity contribution in [2.75, 3.05) is 19.6 Å². The molecule has 1 atom stereocenters. The van der Waals surface area contributed by atoms with Gasteiger partial charge in [0.15, 0.2) is 0 Å². The zero-order valence-corrected chi connectivity index (χ0v) is 12.0. The van der Waals surface area contributed by atoms with Crippen LogP contribution in [0.15, 0.2) is 24.3 Å². The molecular weight excluding hydrogens is 236 g/mol. The van der Waals surface area contributed by atoms with Gasteiger partial charge in [0, 0.05) is 13.1 Å². The zero-order valence-electron chi connectivity index (χ0n) is 12.0. The van der Waals surface area contributed by atoms with Gasteiger partial charge in [-0.25, -0.2) is 0 Å². The van der Waals surface area contributed by atoms with E-state index in [0.29, 0.717) is 0 Å². The molecule has 0 saturated carbocycles. The van der Waals surface area contributed by atoms with Gasteiger partial charge >= 0.3 is 0 Å². The van der Waals surface area contributed by atoms with Crippen LogP contribution in [-0.2, 0) is 11.2 Å². The van der Waals surface area contributed by atoms with Crippen LogP contribution in [-0.4, -0.2) is 36.5 Å². The molecule has 0 spiro atoms. The van der Waals surface area contributed by atoms with Gasteiger partial charge in [0.2, 0.25) is 5.91 Å². The van der Waals surface area contributed by atoms with E-state index >= 15 is 0 Å². The molecule has 3 nitrogen and oxygen atoms in total. The van der Waals surface area contributed by atoms with E-state index in [0.717, 1.165) is 38.9 Å². The fraction of sp³-hybridized carbons (Fsp3) is 0.562. The third-order valence-corrected chi connectivity index (χ3v) is 3.89. The van der Waals surface area contributed by atoms with Crippen LogP contribution >= 0.6 is 0 Å². The molecule has 104 valence electrons. The summed E-state index contributed by atoms with van der Waals surface area (Å²) in [5.41, 5.74) is 2.68. The first-order valence-corrected chi connectivity index (χ1v) is 7.25. The number of amides is 1. The van der Waals surface area contributed by atoms with Gasteiger partial charge in [0.1, 0.15) is 0 Å².